The second kappa shape index (κ2) is 4.14. The van der Waals surface area contributed by atoms with Crippen LogP contribution in [-0.4, -0.2) is 4.98 Å². The van der Waals surface area contributed by atoms with E-state index in [9.17, 15) is 8.78 Å². The number of pyridine rings is 1. The first-order valence-electron chi connectivity index (χ1n) is 4.25. The standard InChI is InChI=1S/C10H10F2N2/c1-6(2)9-8(5-13)7(10(11)12)3-4-14-9/h3-4,6,10H,1-2H3. The quantitative estimate of drug-likeness (QED) is 0.729. The van der Waals surface area contributed by atoms with Gasteiger partial charge in [0.15, 0.2) is 0 Å². The van der Waals surface area contributed by atoms with Gasteiger partial charge in [0.25, 0.3) is 6.43 Å². The first-order valence-corrected chi connectivity index (χ1v) is 4.25. The molecule has 0 aliphatic carbocycles. The molecule has 0 N–H and O–H groups in total. The number of nitriles is 1. The van der Waals surface area contributed by atoms with Crippen LogP contribution in [0.25, 0.3) is 0 Å². The van der Waals surface area contributed by atoms with Gasteiger partial charge in [-0.2, -0.15) is 5.26 Å². The zero-order chi connectivity index (χ0) is 10.7. The number of hydrogen-bond acceptors (Lipinski definition) is 2. The Balaban J connectivity index is 3.34. The number of aromatic nitrogens is 1. The summed E-state index contributed by atoms with van der Waals surface area (Å²) in [4.78, 5) is 3.94. The second-order valence-electron chi connectivity index (χ2n) is 3.23. The van der Waals surface area contributed by atoms with Gasteiger partial charge in [0.2, 0.25) is 0 Å². The van der Waals surface area contributed by atoms with Crippen molar-refractivity contribution in [2.24, 2.45) is 0 Å². The molecule has 2 nitrogen and oxygen atoms in total. The van der Waals surface area contributed by atoms with E-state index in [0.717, 1.165) is 0 Å². The summed E-state index contributed by atoms with van der Waals surface area (Å²) in [7, 11) is 0. The van der Waals surface area contributed by atoms with Crippen molar-refractivity contribution in [2.45, 2.75) is 26.2 Å². The third-order valence-corrected chi connectivity index (χ3v) is 1.91. The molecule has 4 heteroatoms. The lowest BCUT2D eigenvalue weighted by molar-refractivity contribution is 0.151. The summed E-state index contributed by atoms with van der Waals surface area (Å²) in [5.74, 6) is -0.0247. The molecule has 1 aromatic rings. The van der Waals surface area contributed by atoms with Crippen LogP contribution in [0.2, 0.25) is 0 Å². The lowest BCUT2D eigenvalue weighted by Gasteiger charge is -2.09. The number of hydrogen-bond donors (Lipinski definition) is 0. The minimum atomic E-state index is -2.62. The van der Waals surface area contributed by atoms with Crippen molar-refractivity contribution < 1.29 is 8.78 Å². The molecule has 0 aliphatic rings. The minimum absolute atomic E-state index is 0.0116. The summed E-state index contributed by atoms with van der Waals surface area (Å²) in [5.41, 5.74) is 0.217. The highest BCUT2D eigenvalue weighted by molar-refractivity contribution is 5.42. The van der Waals surface area contributed by atoms with Gasteiger partial charge in [0.05, 0.1) is 11.3 Å². The molecule has 1 aromatic heterocycles. The van der Waals surface area contributed by atoms with Gasteiger partial charge in [-0.15, -0.1) is 0 Å². The van der Waals surface area contributed by atoms with Crippen LogP contribution in [0.3, 0.4) is 0 Å². The van der Waals surface area contributed by atoms with Crippen molar-refractivity contribution in [3.63, 3.8) is 0 Å². The zero-order valence-electron chi connectivity index (χ0n) is 7.96. The van der Waals surface area contributed by atoms with Crippen molar-refractivity contribution >= 4 is 0 Å². The molecule has 14 heavy (non-hydrogen) atoms. The topological polar surface area (TPSA) is 36.7 Å². The van der Waals surface area contributed by atoms with Gasteiger partial charge in [0, 0.05) is 11.8 Å². The smallest absolute Gasteiger partial charge is 0.260 e. The maximum Gasteiger partial charge on any atom is 0.265 e. The van der Waals surface area contributed by atoms with Crippen molar-refractivity contribution in [2.75, 3.05) is 0 Å². The van der Waals surface area contributed by atoms with Crippen LogP contribution >= 0.6 is 0 Å². The van der Waals surface area contributed by atoms with E-state index in [-0.39, 0.29) is 17.0 Å². The van der Waals surface area contributed by atoms with Gasteiger partial charge in [-0.1, -0.05) is 13.8 Å². The molecule has 0 radical (unpaired) electrons. The van der Waals surface area contributed by atoms with Gasteiger partial charge in [-0.05, 0) is 12.0 Å². The Kier molecular flexibility index (Phi) is 3.13. The monoisotopic (exact) mass is 196 g/mol. The van der Waals surface area contributed by atoms with Gasteiger partial charge in [0.1, 0.15) is 6.07 Å². The molecule has 74 valence electrons. The molecule has 0 atom stereocenters. The Bertz CT molecular complexity index is 341. The Morgan fingerprint density at radius 1 is 1.43 bits per heavy atom. The number of halogens is 2. The Morgan fingerprint density at radius 3 is 2.50 bits per heavy atom. The fraction of sp³-hybridized carbons (Fsp3) is 0.400. The summed E-state index contributed by atoms with van der Waals surface area (Å²) < 4.78 is 25.0. The van der Waals surface area contributed by atoms with Crippen molar-refractivity contribution in [3.8, 4) is 6.07 Å². The molecular formula is C10H10F2N2. The average molecular weight is 196 g/mol. The lowest BCUT2D eigenvalue weighted by Crippen LogP contribution is -2.01. The molecule has 0 saturated heterocycles. The largest absolute Gasteiger partial charge is 0.265 e. The minimum Gasteiger partial charge on any atom is -0.260 e. The molecule has 0 unspecified atom stereocenters. The third kappa shape index (κ3) is 1.87. The number of nitrogens with zero attached hydrogens (tertiary/aromatic N) is 2. The summed E-state index contributed by atoms with van der Waals surface area (Å²) >= 11 is 0. The van der Waals surface area contributed by atoms with E-state index < -0.39 is 6.43 Å². The first-order chi connectivity index (χ1) is 6.57. The first kappa shape index (κ1) is 10.6. The van der Waals surface area contributed by atoms with Crippen molar-refractivity contribution in [1.82, 2.24) is 4.98 Å². The van der Waals surface area contributed by atoms with Gasteiger partial charge in [-0.3, -0.25) is 4.98 Å². The van der Waals surface area contributed by atoms with Gasteiger partial charge < -0.3 is 0 Å². The molecule has 0 spiro atoms. The van der Waals surface area contributed by atoms with E-state index in [2.05, 4.69) is 4.98 Å². The molecule has 0 saturated carbocycles. The van der Waals surface area contributed by atoms with Gasteiger partial charge >= 0.3 is 0 Å². The van der Waals surface area contributed by atoms with Crippen LogP contribution in [0, 0.1) is 11.3 Å². The van der Waals surface area contributed by atoms with Crippen LogP contribution in [0.1, 0.15) is 43.0 Å². The van der Waals surface area contributed by atoms with Crippen molar-refractivity contribution in [1.29, 1.82) is 5.26 Å². The fourth-order valence-electron chi connectivity index (χ4n) is 1.24. The molecule has 1 heterocycles. The fourth-order valence-corrected chi connectivity index (χ4v) is 1.24. The molecule has 1 rings (SSSR count). The number of rotatable bonds is 2. The lowest BCUT2D eigenvalue weighted by atomic mass is 10.0. The van der Waals surface area contributed by atoms with Crippen LogP contribution < -0.4 is 0 Å². The van der Waals surface area contributed by atoms with E-state index in [1.165, 1.54) is 12.3 Å². The highest BCUT2D eigenvalue weighted by Gasteiger charge is 2.18. The van der Waals surface area contributed by atoms with E-state index in [1.54, 1.807) is 6.07 Å². The summed E-state index contributed by atoms with van der Waals surface area (Å²) in [6.45, 7) is 3.64. The van der Waals surface area contributed by atoms with Crippen LogP contribution in [0.15, 0.2) is 12.3 Å². The molecule has 0 bridgehead atoms. The molecule has 0 fully saturated rings. The predicted molar refractivity (Wildman–Crippen MR) is 48.0 cm³/mol. The molecular weight excluding hydrogens is 186 g/mol. The highest BCUT2D eigenvalue weighted by Crippen LogP contribution is 2.26. The molecule has 0 aromatic carbocycles. The summed E-state index contributed by atoms with van der Waals surface area (Å²) in [6, 6.07) is 2.97. The average Bonchev–Trinajstić information content (AvgIpc) is 2.16. The second-order valence-corrected chi connectivity index (χ2v) is 3.23. The molecule has 0 amide bonds. The Labute approximate surface area is 81.2 Å². The van der Waals surface area contributed by atoms with Crippen molar-refractivity contribution in [3.05, 3.63) is 29.1 Å². The maximum absolute atomic E-state index is 12.5. The van der Waals surface area contributed by atoms with Crippen LogP contribution in [-0.2, 0) is 0 Å². The Hall–Kier alpha value is -1.50. The molecule has 0 aliphatic heterocycles. The van der Waals surface area contributed by atoms with E-state index in [1.807, 2.05) is 13.8 Å². The normalized spacial score (nSPS) is 10.6. The van der Waals surface area contributed by atoms with E-state index in [4.69, 9.17) is 5.26 Å². The Morgan fingerprint density at radius 2 is 2.07 bits per heavy atom. The maximum atomic E-state index is 12.5. The summed E-state index contributed by atoms with van der Waals surface area (Å²) in [5, 5.41) is 8.77. The van der Waals surface area contributed by atoms with E-state index >= 15 is 0 Å². The SMILES string of the molecule is CC(C)c1nccc(C(F)F)c1C#N. The zero-order valence-corrected chi connectivity index (χ0v) is 7.96. The van der Waals surface area contributed by atoms with Gasteiger partial charge in [-0.25, -0.2) is 8.78 Å². The van der Waals surface area contributed by atoms with E-state index in [0.29, 0.717) is 5.69 Å². The third-order valence-electron chi connectivity index (χ3n) is 1.91. The predicted octanol–water partition coefficient (Wildman–Crippen LogP) is 3.01. The highest BCUT2D eigenvalue weighted by atomic mass is 19.3. The van der Waals surface area contributed by atoms with Crippen LogP contribution in [0.5, 0.6) is 0 Å². The summed E-state index contributed by atoms with van der Waals surface area (Å²) in [6.07, 6.45) is -1.30. The van der Waals surface area contributed by atoms with Crippen LogP contribution in [0.4, 0.5) is 8.78 Å². The number of alkyl halides is 2.